The van der Waals surface area contributed by atoms with Crippen LogP contribution in [0.4, 0.5) is 0 Å². The lowest BCUT2D eigenvalue weighted by Gasteiger charge is -2.33. The number of amides is 1. The van der Waals surface area contributed by atoms with E-state index in [4.69, 9.17) is 0 Å². The molecule has 0 radical (unpaired) electrons. The zero-order valence-electron chi connectivity index (χ0n) is 16.4. The van der Waals surface area contributed by atoms with Crippen LogP contribution in [0.2, 0.25) is 0 Å². The Morgan fingerprint density at radius 3 is 2.66 bits per heavy atom. The first-order valence-electron chi connectivity index (χ1n) is 10.3. The molecule has 0 N–H and O–H groups in total. The number of hydrogen-bond acceptors (Lipinski definition) is 4. The minimum atomic E-state index is 0.0546. The zero-order chi connectivity index (χ0) is 19.6. The molecule has 148 valence electrons. The minimum Gasteiger partial charge on any atom is -0.341 e. The summed E-state index contributed by atoms with van der Waals surface area (Å²) in [5.41, 5.74) is 3.56. The van der Waals surface area contributed by atoms with Gasteiger partial charge in [0.15, 0.2) is 0 Å². The number of nitrogens with zero attached hydrogens (tertiary/aromatic N) is 5. The number of hydrogen-bond donors (Lipinski definition) is 0. The Labute approximate surface area is 170 Å². The largest absolute Gasteiger partial charge is 0.341 e. The summed E-state index contributed by atoms with van der Waals surface area (Å²) < 4.78 is 1.90. The van der Waals surface area contributed by atoms with Crippen LogP contribution < -0.4 is 0 Å². The molecule has 1 atom stereocenters. The molecule has 1 aromatic heterocycles. The predicted molar refractivity (Wildman–Crippen MR) is 111 cm³/mol. The summed E-state index contributed by atoms with van der Waals surface area (Å²) in [6.07, 6.45) is 3.49. The van der Waals surface area contributed by atoms with Crippen molar-refractivity contribution >= 4 is 5.91 Å². The van der Waals surface area contributed by atoms with Crippen LogP contribution in [-0.2, 0) is 17.8 Å². The van der Waals surface area contributed by atoms with Crippen LogP contribution in [0.15, 0.2) is 60.9 Å². The van der Waals surface area contributed by atoms with Crippen molar-refractivity contribution in [1.29, 1.82) is 0 Å². The Morgan fingerprint density at radius 2 is 1.79 bits per heavy atom. The van der Waals surface area contributed by atoms with Crippen LogP contribution >= 0.6 is 0 Å². The second-order valence-electron chi connectivity index (χ2n) is 7.83. The van der Waals surface area contributed by atoms with Crippen molar-refractivity contribution in [2.24, 2.45) is 0 Å². The third kappa shape index (κ3) is 3.56. The van der Waals surface area contributed by atoms with Gasteiger partial charge in [-0.2, -0.15) is 5.10 Å². The number of fused-ring (bicyclic) bond motifs is 1. The maximum absolute atomic E-state index is 13.0. The van der Waals surface area contributed by atoms with Gasteiger partial charge in [0.2, 0.25) is 5.91 Å². The lowest BCUT2D eigenvalue weighted by atomic mass is 9.77. The smallest absolute Gasteiger partial charge is 0.230 e. The maximum atomic E-state index is 13.0. The van der Waals surface area contributed by atoms with Crippen LogP contribution in [0.25, 0.3) is 5.69 Å². The molecule has 1 aliphatic carbocycles. The quantitative estimate of drug-likeness (QED) is 0.691. The monoisotopic (exact) mass is 387 g/mol. The molecule has 1 fully saturated rings. The normalized spacial score (nSPS) is 19.3. The van der Waals surface area contributed by atoms with Crippen LogP contribution in [-0.4, -0.2) is 56.7 Å². The Kier molecular flexibility index (Phi) is 4.86. The average molecular weight is 387 g/mol. The number of para-hydroxylation sites is 1. The first-order valence-corrected chi connectivity index (χ1v) is 10.3. The van der Waals surface area contributed by atoms with E-state index >= 15 is 0 Å². The molecule has 1 saturated heterocycles. The van der Waals surface area contributed by atoms with Crippen LogP contribution in [0.5, 0.6) is 0 Å². The molecule has 1 aliphatic heterocycles. The molecular weight excluding hydrogens is 362 g/mol. The molecular formula is C23H25N5O. The van der Waals surface area contributed by atoms with E-state index in [0.717, 1.165) is 57.1 Å². The van der Waals surface area contributed by atoms with Gasteiger partial charge in [-0.1, -0.05) is 42.5 Å². The summed E-state index contributed by atoms with van der Waals surface area (Å²) in [5, 5.41) is 4.40. The average Bonchev–Trinajstić information content (AvgIpc) is 3.06. The van der Waals surface area contributed by atoms with Gasteiger partial charge >= 0.3 is 0 Å². The van der Waals surface area contributed by atoms with Crippen molar-refractivity contribution in [2.45, 2.75) is 25.3 Å². The van der Waals surface area contributed by atoms with E-state index < -0.39 is 0 Å². The van der Waals surface area contributed by atoms with Gasteiger partial charge in [-0.25, -0.2) is 9.67 Å². The van der Waals surface area contributed by atoms with Crippen LogP contribution in [0.3, 0.4) is 0 Å². The Hall–Kier alpha value is -2.99. The highest BCUT2D eigenvalue weighted by molar-refractivity contribution is 5.87. The minimum absolute atomic E-state index is 0.0546. The number of carbonyl (C=O) groups is 1. The highest BCUT2D eigenvalue weighted by atomic mass is 16.2. The van der Waals surface area contributed by atoms with E-state index in [2.05, 4.69) is 38.1 Å². The van der Waals surface area contributed by atoms with Crippen molar-refractivity contribution in [3.63, 3.8) is 0 Å². The first-order chi connectivity index (χ1) is 14.3. The second-order valence-corrected chi connectivity index (χ2v) is 7.83. The van der Waals surface area contributed by atoms with Crippen LogP contribution in [0.1, 0.15) is 29.3 Å². The molecule has 0 spiro atoms. The molecule has 2 heterocycles. The summed E-state index contributed by atoms with van der Waals surface area (Å²) in [6.45, 7) is 4.17. The van der Waals surface area contributed by atoms with E-state index in [1.54, 1.807) is 6.33 Å². The lowest BCUT2D eigenvalue weighted by Crippen LogP contribution is -2.41. The van der Waals surface area contributed by atoms with Gasteiger partial charge in [-0.05, 0) is 36.1 Å². The number of aromatic nitrogens is 3. The third-order valence-corrected chi connectivity index (χ3v) is 6.04. The number of carbonyl (C=O) groups excluding carboxylic acids is 1. The van der Waals surface area contributed by atoms with Gasteiger partial charge < -0.3 is 4.90 Å². The van der Waals surface area contributed by atoms with E-state index in [0.29, 0.717) is 0 Å². The highest BCUT2D eigenvalue weighted by Gasteiger charge is 2.35. The van der Waals surface area contributed by atoms with Crippen molar-refractivity contribution in [3.8, 4) is 5.69 Å². The summed E-state index contributed by atoms with van der Waals surface area (Å²) in [5.74, 6) is 1.28. The van der Waals surface area contributed by atoms with Gasteiger partial charge in [0, 0.05) is 26.2 Å². The molecule has 6 nitrogen and oxygen atoms in total. The molecule has 29 heavy (non-hydrogen) atoms. The van der Waals surface area contributed by atoms with Gasteiger partial charge in [0.25, 0.3) is 0 Å². The number of benzene rings is 2. The zero-order valence-corrected chi connectivity index (χ0v) is 16.4. The summed E-state index contributed by atoms with van der Waals surface area (Å²) >= 11 is 0. The molecule has 0 saturated carbocycles. The van der Waals surface area contributed by atoms with E-state index in [1.807, 2.05) is 41.1 Å². The molecule has 1 unspecified atom stereocenters. The standard InChI is InChI=1S/C23H25N5O/c29-23(21-15-18-7-4-5-10-20(18)21)27-12-6-11-26(13-14-27)16-22-24-17-25-28(22)19-8-2-1-3-9-19/h1-5,7-10,17,21H,6,11-16H2. The molecule has 0 bridgehead atoms. The van der Waals surface area contributed by atoms with E-state index in [1.165, 1.54) is 11.1 Å². The Bertz CT molecular complexity index is 999. The summed E-state index contributed by atoms with van der Waals surface area (Å²) in [6, 6.07) is 18.4. The topological polar surface area (TPSA) is 54.3 Å². The maximum Gasteiger partial charge on any atom is 0.230 e. The fourth-order valence-electron chi connectivity index (χ4n) is 4.41. The molecule has 3 aromatic rings. The molecule has 2 aliphatic rings. The first kappa shape index (κ1) is 18.1. The highest BCUT2D eigenvalue weighted by Crippen LogP contribution is 2.36. The second kappa shape index (κ2) is 7.79. The molecule has 2 aromatic carbocycles. The van der Waals surface area contributed by atoms with E-state index in [-0.39, 0.29) is 11.8 Å². The lowest BCUT2D eigenvalue weighted by molar-refractivity contribution is -0.133. The van der Waals surface area contributed by atoms with E-state index in [9.17, 15) is 4.79 Å². The van der Waals surface area contributed by atoms with Gasteiger partial charge in [-0.3, -0.25) is 9.69 Å². The summed E-state index contributed by atoms with van der Waals surface area (Å²) in [7, 11) is 0. The SMILES string of the molecule is O=C(C1Cc2ccccc21)N1CCCN(Cc2ncnn2-c2ccccc2)CC1. The fourth-order valence-corrected chi connectivity index (χ4v) is 4.41. The van der Waals surface area contributed by atoms with Gasteiger partial charge in [-0.15, -0.1) is 0 Å². The fraction of sp³-hybridized carbons (Fsp3) is 0.348. The van der Waals surface area contributed by atoms with Gasteiger partial charge in [0.05, 0.1) is 18.2 Å². The molecule has 5 rings (SSSR count). The Balaban J connectivity index is 1.23. The van der Waals surface area contributed by atoms with Crippen molar-refractivity contribution in [2.75, 3.05) is 26.2 Å². The van der Waals surface area contributed by atoms with Gasteiger partial charge in [0.1, 0.15) is 12.2 Å². The molecule has 1 amide bonds. The molecule has 6 heteroatoms. The third-order valence-electron chi connectivity index (χ3n) is 6.04. The number of rotatable bonds is 4. The van der Waals surface area contributed by atoms with Crippen LogP contribution in [0, 0.1) is 0 Å². The van der Waals surface area contributed by atoms with Crippen molar-refractivity contribution in [1.82, 2.24) is 24.6 Å². The Morgan fingerprint density at radius 1 is 0.966 bits per heavy atom. The predicted octanol–water partition coefficient (Wildman–Crippen LogP) is 2.64. The van der Waals surface area contributed by atoms with Crippen molar-refractivity contribution < 1.29 is 4.79 Å². The summed E-state index contributed by atoms with van der Waals surface area (Å²) in [4.78, 5) is 22.0. The van der Waals surface area contributed by atoms with Crippen molar-refractivity contribution in [3.05, 3.63) is 77.9 Å².